The Morgan fingerprint density at radius 3 is 3.07 bits per heavy atom. The fraction of sp³-hybridized carbons (Fsp3) is 1.00. The average molecular weight is 197 g/mol. The Morgan fingerprint density at radius 2 is 2.43 bits per heavy atom. The van der Waals surface area contributed by atoms with E-state index in [4.69, 9.17) is 9.47 Å². The van der Waals surface area contributed by atoms with E-state index in [2.05, 4.69) is 5.32 Å². The van der Waals surface area contributed by atoms with Crippen LogP contribution in [0.4, 0.5) is 0 Å². The van der Waals surface area contributed by atoms with Gasteiger partial charge in [0, 0.05) is 18.6 Å². The third-order valence-corrected chi connectivity index (χ3v) is 3.92. The zero-order valence-corrected chi connectivity index (χ0v) is 8.63. The summed E-state index contributed by atoms with van der Waals surface area (Å²) in [5, 5.41) is 3.43. The van der Waals surface area contributed by atoms with Crippen LogP contribution in [0.5, 0.6) is 0 Å². The van der Waals surface area contributed by atoms with Gasteiger partial charge < -0.3 is 14.8 Å². The van der Waals surface area contributed by atoms with Crippen LogP contribution in [0.15, 0.2) is 0 Å². The summed E-state index contributed by atoms with van der Waals surface area (Å²) in [6.07, 6.45) is 5.02. The minimum Gasteiger partial charge on any atom is -0.353 e. The van der Waals surface area contributed by atoms with Crippen LogP contribution in [-0.4, -0.2) is 32.6 Å². The van der Waals surface area contributed by atoms with Gasteiger partial charge in [0.1, 0.15) is 0 Å². The molecule has 80 valence electrons. The summed E-state index contributed by atoms with van der Waals surface area (Å²) in [4.78, 5) is 0. The molecule has 2 aliphatic heterocycles. The van der Waals surface area contributed by atoms with Crippen LogP contribution in [-0.2, 0) is 9.47 Å². The molecule has 2 heterocycles. The van der Waals surface area contributed by atoms with E-state index >= 15 is 0 Å². The van der Waals surface area contributed by atoms with Gasteiger partial charge in [-0.2, -0.15) is 0 Å². The van der Waals surface area contributed by atoms with Gasteiger partial charge in [-0.15, -0.1) is 0 Å². The molecule has 2 saturated heterocycles. The number of hydrogen-bond acceptors (Lipinski definition) is 3. The second kappa shape index (κ2) is 3.47. The Kier molecular flexibility index (Phi) is 2.26. The quantitative estimate of drug-likeness (QED) is 0.736. The maximum atomic E-state index is 5.85. The molecule has 0 aromatic carbocycles. The van der Waals surface area contributed by atoms with Crippen molar-refractivity contribution in [3.05, 3.63) is 0 Å². The summed E-state index contributed by atoms with van der Waals surface area (Å²) >= 11 is 0. The lowest BCUT2D eigenvalue weighted by Crippen LogP contribution is -2.27. The fourth-order valence-electron chi connectivity index (χ4n) is 2.76. The summed E-state index contributed by atoms with van der Waals surface area (Å²) in [5.74, 6) is 0.895. The molecule has 14 heavy (non-hydrogen) atoms. The molecule has 3 unspecified atom stereocenters. The largest absolute Gasteiger partial charge is 0.353 e. The maximum absolute atomic E-state index is 5.85. The lowest BCUT2D eigenvalue weighted by molar-refractivity contribution is -0.170. The van der Waals surface area contributed by atoms with E-state index in [1.54, 1.807) is 0 Å². The van der Waals surface area contributed by atoms with Crippen molar-refractivity contribution in [3.8, 4) is 0 Å². The zero-order chi connectivity index (χ0) is 9.43. The van der Waals surface area contributed by atoms with Gasteiger partial charge in [-0.25, -0.2) is 0 Å². The second-order valence-corrected chi connectivity index (χ2v) is 5.00. The van der Waals surface area contributed by atoms with Crippen molar-refractivity contribution in [2.75, 3.05) is 26.3 Å². The summed E-state index contributed by atoms with van der Waals surface area (Å²) in [7, 11) is 0. The van der Waals surface area contributed by atoms with Crippen molar-refractivity contribution in [2.24, 2.45) is 11.3 Å². The number of piperidine rings is 1. The molecule has 3 rings (SSSR count). The van der Waals surface area contributed by atoms with Crippen molar-refractivity contribution in [1.82, 2.24) is 5.32 Å². The molecule has 3 fully saturated rings. The molecule has 3 aliphatic rings. The molecule has 3 nitrogen and oxygen atoms in total. The Hall–Kier alpha value is -0.120. The molecule has 1 saturated carbocycles. The lowest BCUT2D eigenvalue weighted by Gasteiger charge is -2.24. The van der Waals surface area contributed by atoms with E-state index in [0.29, 0.717) is 5.41 Å². The van der Waals surface area contributed by atoms with Crippen LogP contribution in [0, 0.1) is 11.3 Å². The molecular formula is C11H19NO2. The van der Waals surface area contributed by atoms with Gasteiger partial charge in [0.25, 0.3) is 0 Å². The molecule has 0 radical (unpaired) electrons. The Morgan fingerprint density at radius 1 is 1.43 bits per heavy atom. The first-order chi connectivity index (χ1) is 6.89. The van der Waals surface area contributed by atoms with Gasteiger partial charge in [0.2, 0.25) is 0 Å². The van der Waals surface area contributed by atoms with Gasteiger partial charge >= 0.3 is 0 Å². The third-order valence-electron chi connectivity index (χ3n) is 3.92. The minimum absolute atomic E-state index is 0.0972. The zero-order valence-electron chi connectivity index (χ0n) is 8.63. The van der Waals surface area contributed by atoms with Crippen LogP contribution in [0.3, 0.4) is 0 Å². The lowest BCUT2D eigenvalue weighted by atomic mass is 10.1. The topological polar surface area (TPSA) is 30.5 Å². The van der Waals surface area contributed by atoms with E-state index in [1.807, 2.05) is 0 Å². The van der Waals surface area contributed by atoms with Crippen LogP contribution in [0.25, 0.3) is 0 Å². The molecule has 0 spiro atoms. The third kappa shape index (κ3) is 1.58. The number of hydrogen-bond donors (Lipinski definition) is 1. The van der Waals surface area contributed by atoms with E-state index in [1.165, 1.54) is 25.8 Å². The first-order valence-corrected chi connectivity index (χ1v) is 5.83. The highest BCUT2D eigenvalue weighted by Gasteiger charge is 2.57. The Balaban J connectivity index is 1.45. The smallest absolute Gasteiger partial charge is 0.157 e. The van der Waals surface area contributed by atoms with E-state index in [-0.39, 0.29) is 6.29 Å². The molecule has 1 aliphatic carbocycles. The van der Waals surface area contributed by atoms with Crippen molar-refractivity contribution >= 4 is 0 Å². The molecule has 1 N–H and O–H groups in total. The highest BCUT2D eigenvalue weighted by Crippen LogP contribution is 2.55. The summed E-state index contributed by atoms with van der Waals surface area (Å²) in [6.45, 7) is 4.16. The van der Waals surface area contributed by atoms with E-state index < -0.39 is 0 Å². The highest BCUT2D eigenvalue weighted by molar-refractivity contribution is 5.09. The molecule has 0 aromatic rings. The second-order valence-electron chi connectivity index (χ2n) is 5.00. The molecule has 3 atom stereocenters. The molecule has 3 heteroatoms. The molecule has 0 aromatic heterocycles. The van der Waals surface area contributed by atoms with Crippen LogP contribution in [0.1, 0.15) is 25.7 Å². The summed E-state index contributed by atoms with van der Waals surface area (Å²) < 4.78 is 11.4. The predicted molar refractivity (Wildman–Crippen MR) is 53.0 cm³/mol. The van der Waals surface area contributed by atoms with Gasteiger partial charge in [-0.1, -0.05) is 0 Å². The highest BCUT2D eigenvalue weighted by atomic mass is 16.7. The fourth-order valence-corrected chi connectivity index (χ4v) is 2.76. The summed E-state index contributed by atoms with van der Waals surface area (Å²) in [6, 6.07) is 0. The monoisotopic (exact) mass is 197 g/mol. The SMILES string of the molecule is C1CCC(OCC23CNCC2C3)OC1. The first kappa shape index (κ1) is 9.13. The van der Waals surface area contributed by atoms with Crippen molar-refractivity contribution in [1.29, 1.82) is 0 Å². The number of ether oxygens (including phenoxy) is 2. The standard InChI is InChI=1S/C11H19NO2/c1-2-4-13-10(3-1)14-8-11-5-9(11)6-12-7-11/h9-10,12H,1-8H2. The van der Waals surface area contributed by atoms with Crippen molar-refractivity contribution < 1.29 is 9.47 Å². The Labute approximate surface area is 85.1 Å². The first-order valence-electron chi connectivity index (χ1n) is 5.83. The number of rotatable bonds is 3. The molecule has 0 bridgehead atoms. The Bertz CT molecular complexity index is 215. The maximum Gasteiger partial charge on any atom is 0.157 e. The van der Waals surface area contributed by atoms with Gasteiger partial charge in [0.05, 0.1) is 6.61 Å². The van der Waals surface area contributed by atoms with Crippen molar-refractivity contribution in [2.45, 2.75) is 32.0 Å². The predicted octanol–water partition coefficient (Wildman–Crippen LogP) is 1.14. The van der Waals surface area contributed by atoms with Gasteiger partial charge in [0.15, 0.2) is 6.29 Å². The van der Waals surface area contributed by atoms with Crippen LogP contribution < -0.4 is 5.32 Å². The van der Waals surface area contributed by atoms with Crippen molar-refractivity contribution in [3.63, 3.8) is 0 Å². The van der Waals surface area contributed by atoms with Crippen LogP contribution in [0.2, 0.25) is 0 Å². The van der Waals surface area contributed by atoms with Gasteiger partial charge in [-0.3, -0.25) is 0 Å². The number of fused-ring (bicyclic) bond motifs is 1. The normalized spacial score (nSPS) is 46.3. The average Bonchev–Trinajstić information content (AvgIpc) is 2.80. The molecule has 0 amide bonds. The van der Waals surface area contributed by atoms with E-state index in [0.717, 1.165) is 32.1 Å². The number of nitrogens with one attached hydrogen (secondary N) is 1. The minimum atomic E-state index is 0.0972. The van der Waals surface area contributed by atoms with E-state index in [9.17, 15) is 0 Å². The van der Waals surface area contributed by atoms with Crippen LogP contribution >= 0.6 is 0 Å². The van der Waals surface area contributed by atoms with Gasteiger partial charge in [-0.05, 0) is 38.1 Å². The molecular weight excluding hydrogens is 178 g/mol. The summed E-state index contributed by atoms with van der Waals surface area (Å²) in [5.41, 5.74) is 0.501.